The van der Waals surface area contributed by atoms with Gasteiger partial charge in [-0.05, 0) is 37.6 Å². The number of rotatable bonds is 5. The van der Waals surface area contributed by atoms with E-state index in [1.807, 2.05) is 62.4 Å². The Kier molecular flexibility index (Phi) is 5.17. The summed E-state index contributed by atoms with van der Waals surface area (Å²) in [6.45, 7) is 4.61. The van der Waals surface area contributed by atoms with Crippen LogP contribution >= 0.6 is 0 Å². The number of aryl methyl sites for hydroxylation is 3. The van der Waals surface area contributed by atoms with Crippen LogP contribution in [0.4, 0.5) is 0 Å². The summed E-state index contributed by atoms with van der Waals surface area (Å²) in [4.78, 5) is 9.87. The summed E-state index contributed by atoms with van der Waals surface area (Å²) in [7, 11) is 1.93. The Bertz CT molecular complexity index is 1550. The van der Waals surface area contributed by atoms with Gasteiger partial charge in [-0.1, -0.05) is 41.6 Å². The first-order chi connectivity index (χ1) is 17.1. The first-order valence-corrected chi connectivity index (χ1v) is 11.7. The Hall–Kier alpha value is -4.26. The summed E-state index contributed by atoms with van der Waals surface area (Å²) >= 11 is 0. The molecule has 5 heterocycles. The van der Waals surface area contributed by atoms with Crippen molar-refractivity contribution in [3.05, 3.63) is 112 Å². The molecule has 1 aliphatic rings. The van der Waals surface area contributed by atoms with Gasteiger partial charge < -0.3 is 9.09 Å². The molecule has 35 heavy (non-hydrogen) atoms. The molecule has 7 nitrogen and oxygen atoms in total. The van der Waals surface area contributed by atoms with Crippen LogP contribution in [-0.2, 0) is 7.05 Å². The minimum Gasteiger partial charge on any atom is -0.361 e. The number of pyridine rings is 1. The molecule has 6 rings (SSSR count). The van der Waals surface area contributed by atoms with Crippen molar-refractivity contribution in [3.8, 4) is 11.1 Å². The Balaban J connectivity index is 1.63. The molecule has 2 unspecified atom stereocenters. The van der Waals surface area contributed by atoms with Gasteiger partial charge in [-0.3, -0.25) is 14.7 Å². The molecule has 0 bridgehead atoms. The first-order valence-electron chi connectivity index (χ1n) is 11.7. The molecule has 5 aromatic rings. The Morgan fingerprint density at radius 1 is 1.03 bits per heavy atom. The van der Waals surface area contributed by atoms with Crippen molar-refractivity contribution >= 4 is 6.08 Å². The minimum atomic E-state index is -0.105. The molecule has 0 saturated heterocycles. The van der Waals surface area contributed by atoms with Gasteiger partial charge in [0, 0.05) is 48.2 Å². The van der Waals surface area contributed by atoms with E-state index in [0.29, 0.717) is 6.54 Å². The maximum Gasteiger partial charge on any atom is 0.137 e. The third-order valence-electron chi connectivity index (χ3n) is 6.69. The SMILES string of the molecule is Cc1noc(C)c1C1C=c2c(c(-c3cnn(C)c3)cn2C(c2ccccc2)c2ccccn2)=NC1. The van der Waals surface area contributed by atoms with Crippen molar-refractivity contribution < 1.29 is 4.52 Å². The molecule has 0 aliphatic carbocycles. The largest absolute Gasteiger partial charge is 0.361 e. The van der Waals surface area contributed by atoms with Crippen LogP contribution in [-0.4, -0.2) is 31.0 Å². The lowest BCUT2D eigenvalue weighted by atomic mass is 9.95. The number of benzene rings is 1. The summed E-state index contributed by atoms with van der Waals surface area (Å²) in [6.07, 6.45) is 10.3. The monoisotopic (exact) mass is 462 g/mol. The second-order valence-electron chi connectivity index (χ2n) is 9.01. The summed E-state index contributed by atoms with van der Waals surface area (Å²) < 4.78 is 9.62. The van der Waals surface area contributed by atoms with Gasteiger partial charge in [-0.2, -0.15) is 5.10 Å². The zero-order chi connectivity index (χ0) is 23.9. The predicted molar refractivity (Wildman–Crippen MR) is 133 cm³/mol. The highest BCUT2D eigenvalue weighted by atomic mass is 16.5. The zero-order valence-electron chi connectivity index (χ0n) is 20.0. The fourth-order valence-electron chi connectivity index (χ4n) is 5.12. The van der Waals surface area contributed by atoms with Crippen LogP contribution < -0.4 is 10.7 Å². The summed E-state index contributed by atoms with van der Waals surface area (Å²) in [5.74, 6) is 0.932. The highest BCUT2D eigenvalue weighted by molar-refractivity contribution is 5.62. The van der Waals surface area contributed by atoms with Gasteiger partial charge in [0.15, 0.2) is 0 Å². The molecule has 4 aromatic heterocycles. The van der Waals surface area contributed by atoms with Gasteiger partial charge in [0.1, 0.15) is 11.8 Å². The Morgan fingerprint density at radius 3 is 2.54 bits per heavy atom. The van der Waals surface area contributed by atoms with Crippen LogP contribution in [0, 0.1) is 13.8 Å². The van der Waals surface area contributed by atoms with E-state index in [-0.39, 0.29) is 12.0 Å². The van der Waals surface area contributed by atoms with Crippen molar-refractivity contribution in [1.29, 1.82) is 0 Å². The minimum absolute atomic E-state index is 0.0873. The average Bonchev–Trinajstić information content (AvgIpc) is 3.57. The van der Waals surface area contributed by atoms with E-state index in [2.05, 4.69) is 57.4 Å². The van der Waals surface area contributed by atoms with E-state index in [1.165, 1.54) is 0 Å². The van der Waals surface area contributed by atoms with Crippen molar-refractivity contribution in [3.63, 3.8) is 0 Å². The first kappa shape index (κ1) is 21.3. The fourth-order valence-corrected chi connectivity index (χ4v) is 5.12. The van der Waals surface area contributed by atoms with Crippen LogP contribution in [0.5, 0.6) is 0 Å². The number of aromatic nitrogens is 5. The lowest BCUT2D eigenvalue weighted by Crippen LogP contribution is -2.37. The fraction of sp³-hybridized carbons (Fsp3) is 0.214. The van der Waals surface area contributed by atoms with Crippen molar-refractivity contribution in [1.82, 2.24) is 24.5 Å². The summed E-state index contributed by atoms with van der Waals surface area (Å²) in [6, 6.07) is 16.5. The van der Waals surface area contributed by atoms with Crippen LogP contribution in [0.1, 0.15) is 40.2 Å². The quantitative estimate of drug-likeness (QED) is 0.399. The third-order valence-corrected chi connectivity index (χ3v) is 6.69. The summed E-state index contributed by atoms with van der Waals surface area (Å²) in [5, 5.41) is 10.7. The normalized spacial score (nSPS) is 15.8. The lowest BCUT2D eigenvalue weighted by molar-refractivity contribution is 0.392. The molecule has 7 heteroatoms. The molecule has 0 spiro atoms. The third kappa shape index (κ3) is 3.69. The molecule has 0 fully saturated rings. The van der Waals surface area contributed by atoms with Crippen LogP contribution in [0.15, 0.2) is 82.8 Å². The summed E-state index contributed by atoms with van der Waals surface area (Å²) in [5.41, 5.74) is 6.28. The molecule has 2 atom stereocenters. The van der Waals surface area contributed by atoms with E-state index in [0.717, 1.165) is 50.1 Å². The molecule has 0 N–H and O–H groups in total. The van der Waals surface area contributed by atoms with Crippen molar-refractivity contribution in [2.45, 2.75) is 25.8 Å². The standard InChI is InChI=1S/C28H26N6O/c1-18-26(19(2)35-32-18)21-13-25-27(30-14-21)23(22-15-31-33(3)16-22)17-34(25)28(20-9-5-4-6-10-20)24-11-7-8-12-29-24/h4-13,15-17,21,28H,14H2,1-3H3. The van der Waals surface area contributed by atoms with Crippen molar-refractivity contribution in [2.24, 2.45) is 12.0 Å². The van der Waals surface area contributed by atoms with Gasteiger partial charge in [0.2, 0.25) is 0 Å². The lowest BCUT2D eigenvalue weighted by Gasteiger charge is -2.21. The van der Waals surface area contributed by atoms with Crippen LogP contribution in [0.3, 0.4) is 0 Å². The van der Waals surface area contributed by atoms with Crippen molar-refractivity contribution in [2.75, 3.05) is 6.54 Å². The van der Waals surface area contributed by atoms with Gasteiger partial charge >= 0.3 is 0 Å². The molecule has 0 saturated carbocycles. The van der Waals surface area contributed by atoms with Gasteiger partial charge in [-0.25, -0.2) is 0 Å². The van der Waals surface area contributed by atoms with Gasteiger partial charge in [0.05, 0.1) is 34.8 Å². The maximum atomic E-state index is 5.49. The Labute approximate surface area is 203 Å². The van der Waals surface area contributed by atoms with E-state index in [4.69, 9.17) is 14.5 Å². The molecule has 0 radical (unpaired) electrons. The van der Waals surface area contributed by atoms with Gasteiger partial charge in [-0.15, -0.1) is 0 Å². The highest BCUT2D eigenvalue weighted by Crippen LogP contribution is 2.29. The molecule has 1 aromatic carbocycles. The van der Waals surface area contributed by atoms with Crippen LogP contribution in [0.2, 0.25) is 0 Å². The number of hydrogen-bond donors (Lipinski definition) is 0. The highest BCUT2D eigenvalue weighted by Gasteiger charge is 2.26. The molecule has 0 amide bonds. The van der Waals surface area contributed by atoms with E-state index in [1.54, 1.807) is 0 Å². The smallest absolute Gasteiger partial charge is 0.137 e. The van der Waals surface area contributed by atoms with Gasteiger partial charge in [0.25, 0.3) is 0 Å². The number of nitrogens with zero attached hydrogens (tertiary/aromatic N) is 6. The molecule has 1 aliphatic heterocycles. The van der Waals surface area contributed by atoms with E-state index >= 15 is 0 Å². The topological polar surface area (TPSA) is 74.0 Å². The average molecular weight is 463 g/mol. The van der Waals surface area contributed by atoms with E-state index < -0.39 is 0 Å². The number of fused-ring (bicyclic) bond motifs is 1. The predicted octanol–water partition coefficient (Wildman–Crippen LogP) is 3.72. The number of hydrogen-bond acceptors (Lipinski definition) is 5. The zero-order valence-corrected chi connectivity index (χ0v) is 20.0. The molecular formula is C28H26N6O. The van der Waals surface area contributed by atoms with Crippen LogP contribution in [0.25, 0.3) is 17.2 Å². The maximum absolute atomic E-state index is 5.49. The van der Waals surface area contributed by atoms with E-state index in [9.17, 15) is 0 Å². The molecule has 174 valence electrons. The second kappa shape index (κ2) is 8.51. The Morgan fingerprint density at radius 2 is 1.86 bits per heavy atom. The molecular weight excluding hydrogens is 436 g/mol. The second-order valence-corrected chi connectivity index (χ2v) is 9.01.